The van der Waals surface area contributed by atoms with Gasteiger partial charge in [0.1, 0.15) is 4.90 Å². The van der Waals surface area contributed by atoms with Gasteiger partial charge < -0.3 is 0 Å². The third-order valence-corrected chi connectivity index (χ3v) is 5.35. The first-order valence-electron chi connectivity index (χ1n) is 8.58. The number of hydrogen-bond donors (Lipinski definition) is 2. The predicted octanol–water partition coefficient (Wildman–Crippen LogP) is 2.55. The van der Waals surface area contributed by atoms with E-state index in [-0.39, 0.29) is 16.8 Å². The summed E-state index contributed by atoms with van der Waals surface area (Å²) in [7, 11) is -3.79. The lowest BCUT2D eigenvalue weighted by Gasteiger charge is -2.09. The zero-order valence-corrected chi connectivity index (χ0v) is 16.1. The van der Waals surface area contributed by atoms with Crippen molar-refractivity contribution >= 4 is 33.2 Å². The zero-order valence-electron chi connectivity index (χ0n) is 15.3. The lowest BCUT2D eigenvalue weighted by Crippen LogP contribution is -2.13. The number of anilines is 2. The van der Waals surface area contributed by atoms with Crippen molar-refractivity contribution in [1.82, 2.24) is 19.6 Å². The molecule has 0 fully saturated rings. The van der Waals surface area contributed by atoms with E-state index in [2.05, 4.69) is 25.1 Å². The van der Waals surface area contributed by atoms with E-state index in [1.54, 1.807) is 54.9 Å². The van der Waals surface area contributed by atoms with Gasteiger partial charge in [-0.1, -0.05) is 18.2 Å². The Bertz CT molecular complexity index is 1300. The molecule has 0 radical (unpaired) electrons. The van der Waals surface area contributed by atoms with E-state index in [9.17, 15) is 13.2 Å². The maximum atomic E-state index is 12.7. The second-order valence-electron chi connectivity index (χ2n) is 6.22. The zero-order chi connectivity index (χ0) is 20.4. The molecule has 4 aromatic rings. The van der Waals surface area contributed by atoms with E-state index in [0.29, 0.717) is 22.5 Å². The second-order valence-corrected chi connectivity index (χ2v) is 7.90. The van der Waals surface area contributed by atoms with Crippen LogP contribution in [0, 0.1) is 0 Å². The summed E-state index contributed by atoms with van der Waals surface area (Å²) in [5, 5.41) is 6.71. The minimum Gasteiger partial charge on any atom is -0.293 e. The predicted molar refractivity (Wildman–Crippen MR) is 108 cm³/mol. The molecule has 0 aliphatic carbocycles. The van der Waals surface area contributed by atoms with Gasteiger partial charge in [-0.05, 0) is 30.3 Å². The number of carbonyl (C=O) groups is 1. The van der Waals surface area contributed by atoms with Crippen molar-refractivity contribution in [2.75, 3.05) is 10.0 Å². The summed E-state index contributed by atoms with van der Waals surface area (Å²) < 4.78 is 29.4. The van der Waals surface area contributed by atoms with Crippen molar-refractivity contribution in [3.8, 4) is 11.1 Å². The van der Waals surface area contributed by atoms with E-state index < -0.39 is 10.0 Å². The minimum absolute atomic E-state index is 0.0384. The van der Waals surface area contributed by atoms with Gasteiger partial charge in [0.05, 0.1) is 0 Å². The van der Waals surface area contributed by atoms with E-state index >= 15 is 0 Å². The molecule has 0 bridgehead atoms. The molecule has 146 valence electrons. The molecule has 0 spiro atoms. The van der Waals surface area contributed by atoms with Gasteiger partial charge in [-0.15, -0.1) is 5.10 Å². The highest BCUT2D eigenvalue weighted by Crippen LogP contribution is 2.23. The SMILES string of the molecule is CC(=O)Nc1nc2ccc(-c3cncc(S(=O)(=O)Nc4ccccc4)c3)cn2n1. The average Bonchev–Trinajstić information content (AvgIpc) is 3.09. The van der Waals surface area contributed by atoms with Crippen LogP contribution in [-0.4, -0.2) is 33.9 Å². The minimum atomic E-state index is -3.79. The number of nitrogens with one attached hydrogen (secondary N) is 2. The average molecular weight is 408 g/mol. The molecule has 1 aromatic carbocycles. The molecule has 3 heterocycles. The van der Waals surface area contributed by atoms with Gasteiger partial charge in [0.25, 0.3) is 10.0 Å². The van der Waals surface area contributed by atoms with Crippen LogP contribution in [0.15, 0.2) is 72.0 Å². The first-order chi connectivity index (χ1) is 13.9. The highest BCUT2D eigenvalue weighted by Gasteiger charge is 2.16. The van der Waals surface area contributed by atoms with Gasteiger partial charge >= 0.3 is 0 Å². The molecule has 3 aromatic heterocycles. The monoisotopic (exact) mass is 408 g/mol. The third-order valence-electron chi connectivity index (χ3n) is 4.00. The summed E-state index contributed by atoms with van der Waals surface area (Å²) in [5.41, 5.74) is 2.30. The van der Waals surface area contributed by atoms with Crippen LogP contribution >= 0.6 is 0 Å². The normalized spacial score (nSPS) is 11.3. The number of rotatable bonds is 5. The molecule has 29 heavy (non-hydrogen) atoms. The molecule has 9 nitrogen and oxygen atoms in total. The molecule has 0 atom stereocenters. The fraction of sp³-hybridized carbons (Fsp3) is 0.0526. The highest BCUT2D eigenvalue weighted by atomic mass is 32.2. The molecule has 0 unspecified atom stereocenters. The summed E-state index contributed by atoms with van der Waals surface area (Å²) in [6.45, 7) is 1.37. The Labute approximate surface area is 166 Å². The molecule has 10 heteroatoms. The fourth-order valence-electron chi connectivity index (χ4n) is 2.71. The number of hydrogen-bond acceptors (Lipinski definition) is 6. The lowest BCUT2D eigenvalue weighted by molar-refractivity contribution is -0.114. The number of amides is 1. The summed E-state index contributed by atoms with van der Waals surface area (Å²) in [6.07, 6.45) is 4.54. The Balaban J connectivity index is 1.67. The van der Waals surface area contributed by atoms with Crippen molar-refractivity contribution < 1.29 is 13.2 Å². The summed E-state index contributed by atoms with van der Waals surface area (Å²) in [5.74, 6) is -0.0784. The van der Waals surface area contributed by atoms with E-state index in [1.165, 1.54) is 23.7 Å². The van der Waals surface area contributed by atoms with Crippen molar-refractivity contribution in [3.05, 3.63) is 67.1 Å². The van der Waals surface area contributed by atoms with Gasteiger partial charge in [-0.3, -0.25) is 19.8 Å². The van der Waals surface area contributed by atoms with Crippen LogP contribution in [0.25, 0.3) is 16.8 Å². The van der Waals surface area contributed by atoms with Crippen molar-refractivity contribution in [2.24, 2.45) is 0 Å². The number of aromatic nitrogens is 4. The molecular formula is C19H16N6O3S. The van der Waals surface area contributed by atoms with Crippen LogP contribution in [0.1, 0.15) is 6.92 Å². The molecule has 0 aliphatic heterocycles. The fourth-order valence-corrected chi connectivity index (χ4v) is 3.75. The van der Waals surface area contributed by atoms with Crippen LogP contribution in [0.3, 0.4) is 0 Å². The Morgan fingerprint density at radius 1 is 1.03 bits per heavy atom. The van der Waals surface area contributed by atoms with Crippen molar-refractivity contribution in [3.63, 3.8) is 0 Å². The number of carbonyl (C=O) groups excluding carboxylic acids is 1. The van der Waals surface area contributed by atoms with Gasteiger partial charge in [0.2, 0.25) is 11.9 Å². The van der Waals surface area contributed by atoms with Crippen LogP contribution in [0.4, 0.5) is 11.6 Å². The van der Waals surface area contributed by atoms with E-state index in [0.717, 1.165) is 0 Å². The maximum Gasteiger partial charge on any atom is 0.263 e. The smallest absolute Gasteiger partial charge is 0.263 e. The highest BCUT2D eigenvalue weighted by molar-refractivity contribution is 7.92. The first-order valence-corrected chi connectivity index (χ1v) is 10.1. The third kappa shape index (κ3) is 4.06. The summed E-state index contributed by atoms with van der Waals surface area (Å²) >= 11 is 0. The first kappa shape index (κ1) is 18.6. The van der Waals surface area contributed by atoms with Gasteiger partial charge in [0.15, 0.2) is 5.65 Å². The van der Waals surface area contributed by atoms with Gasteiger partial charge in [-0.2, -0.15) is 4.98 Å². The number of fused-ring (bicyclic) bond motifs is 1. The topological polar surface area (TPSA) is 118 Å². The maximum absolute atomic E-state index is 12.7. The Hall–Kier alpha value is -3.79. The number of nitrogens with zero attached hydrogens (tertiary/aromatic N) is 4. The van der Waals surface area contributed by atoms with Gasteiger partial charge in [-0.25, -0.2) is 12.9 Å². The second kappa shape index (κ2) is 7.32. The van der Waals surface area contributed by atoms with Crippen LogP contribution < -0.4 is 10.0 Å². The van der Waals surface area contributed by atoms with Crippen molar-refractivity contribution in [2.45, 2.75) is 11.8 Å². The van der Waals surface area contributed by atoms with Crippen LogP contribution in [-0.2, 0) is 14.8 Å². The Kier molecular flexibility index (Phi) is 4.69. The molecule has 4 rings (SSSR count). The molecule has 0 aliphatic rings. The standard InChI is InChI=1S/C19H16N6O3S/c1-13(26)21-19-22-18-8-7-14(12-25(18)23-19)15-9-17(11-20-10-15)29(27,28)24-16-5-3-2-4-6-16/h2-12,24H,1H3,(H,21,23,26). The quantitative estimate of drug-likeness (QED) is 0.524. The van der Waals surface area contributed by atoms with Crippen LogP contribution in [0.5, 0.6) is 0 Å². The molecule has 0 saturated carbocycles. The van der Waals surface area contributed by atoms with Crippen molar-refractivity contribution in [1.29, 1.82) is 0 Å². The van der Waals surface area contributed by atoms with E-state index in [4.69, 9.17) is 0 Å². The number of para-hydroxylation sites is 1. The Morgan fingerprint density at radius 3 is 2.59 bits per heavy atom. The largest absolute Gasteiger partial charge is 0.293 e. The Morgan fingerprint density at radius 2 is 1.83 bits per heavy atom. The molecular weight excluding hydrogens is 392 g/mol. The number of pyridine rings is 2. The summed E-state index contributed by atoms with van der Waals surface area (Å²) in [6, 6.07) is 13.7. The molecule has 2 N–H and O–H groups in total. The van der Waals surface area contributed by atoms with Gasteiger partial charge in [0, 0.05) is 42.3 Å². The molecule has 1 amide bonds. The lowest BCUT2D eigenvalue weighted by atomic mass is 10.1. The van der Waals surface area contributed by atoms with E-state index in [1.807, 2.05) is 0 Å². The summed E-state index contributed by atoms with van der Waals surface area (Å²) in [4.78, 5) is 19.5. The number of sulfonamides is 1. The molecule has 0 saturated heterocycles. The van der Waals surface area contributed by atoms with Crippen LogP contribution in [0.2, 0.25) is 0 Å². The number of benzene rings is 1.